The van der Waals surface area contributed by atoms with Crippen LogP contribution in [0.5, 0.6) is 5.75 Å². The molecular weight excluding hydrogens is 346 g/mol. The summed E-state index contributed by atoms with van der Waals surface area (Å²) in [6, 6.07) is 8.77. The van der Waals surface area contributed by atoms with Crippen LogP contribution in [0, 0.1) is 6.92 Å². The molecule has 2 N–H and O–H groups in total. The van der Waals surface area contributed by atoms with Crippen molar-refractivity contribution in [3.8, 4) is 5.75 Å². The number of aromatic hydroxyl groups is 1. The molecule has 0 aromatic heterocycles. The molecule has 2 aromatic carbocycles. The number of phenols is 1. The van der Waals surface area contributed by atoms with Crippen molar-refractivity contribution >= 4 is 23.2 Å². The summed E-state index contributed by atoms with van der Waals surface area (Å²) in [5.41, 5.74) is 4.80. The normalized spacial score (nSPS) is 17.5. The SMILES string of the molecule is Cc1cc2c(cc1NC(=O)c1cc(Cl)ccc1O)C(C)(C)CCC2(C)C. The maximum atomic E-state index is 12.7. The fourth-order valence-corrected chi connectivity index (χ4v) is 3.91. The molecule has 2 aromatic rings. The van der Waals surface area contributed by atoms with E-state index in [0.717, 1.165) is 24.1 Å². The first-order chi connectivity index (χ1) is 12.0. The Balaban J connectivity index is 2.02. The average molecular weight is 372 g/mol. The van der Waals surface area contributed by atoms with Crippen LogP contribution in [0.25, 0.3) is 0 Å². The number of aryl methyl sites for hydroxylation is 1. The number of rotatable bonds is 2. The third kappa shape index (κ3) is 3.33. The lowest BCUT2D eigenvalue weighted by Gasteiger charge is -2.42. The van der Waals surface area contributed by atoms with Gasteiger partial charge in [0.1, 0.15) is 5.75 Å². The molecule has 0 fully saturated rings. The van der Waals surface area contributed by atoms with Gasteiger partial charge in [-0.05, 0) is 71.6 Å². The fourth-order valence-electron chi connectivity index (χ4n) is 3.74. The van der Waals surface area contributed by atoms with E-state index in [2.05, 4.69) is 45.1 Å². The largest absolute Gasteiger partial charge is 0.507 e. The number of carbonyl (C=O) groups excluding carboxylic acids is 1. The van der Waals surface area contributed by atoms with Crippen LogP contribution in [0.4, 0.5) is 5.69 Å². The van der Waals surface area contributed by atoms with Crippen LogP contribution in [-0.2, 0) is 10.8 Å². The summed E-state index contributed by atoms with van der Waals surface area (Å²) in [6.07, 6.45) is 2.26. The van der Waals surface area contributed by atoms with Crippen molar-refractivity contribution in [1.29, 1.82) is 0 Å². The standard InChI is InChI=1S/C22H26ClNO2/c1-13-10-16-17(22(4,5)9-8-21(16,2)3)12-18(13)24-20(26)15-11-14(23)6-7-19(15)25/h6-7,10-12,25H,8-9H2,1-5H3,(H,24,26). The second kappa shape index (κ2) is 6.31. The van der Waals surface area contributed by atoms with E-state index < -0.39 is 0 Å². The molecule has 1 aliphatic carbocycles. The molecule has 0 heterocycles. The lowest BCUT2D eigenvalue weighted by Crippen LogP contribution is -2.34. The second-order valence-electron chi connectivity index (χ2n) is 8.60. The number of carbonyl (C=O) groups is 1. The molecule has 0 saturated heterocycles. The van der Waals surface area contributed by atoms with Gasteiger partial charge in [0.05, 0.1) is 5.56 Å². The topological polar surface area (TPSA) is 49.3 Å². The highest BCUT2D eigenvalue weighted by Gasteiger charge is 2.37. The molecule has 3 rings (SSSR count). The Labute approximate surface area is 160 Å². The Morgan fingerprint density at radius 1 is 1.04 bits per heavy atom. The van der Waals surface area contributed by atoms with E-state index in [0.29, 0.717) is 5.02 Å². The van der Waals surface area contributed by atoms with Gasteiger partial charge in [-0.15, -0.1) is 0 Å². The van der Waals surface area contributed by atoms with Gasteiger partial charge in [0, 0.05) is 10.7 Å². The van der Waals surface area contributed by atoms with E-state index in [1.54, 1.807) is 6.07 Å². The molecule has 0 saturated carbocycles. The van der Waals surface area contributed by atoms with Gasteiger partial charge in [-0.3, -0.25) is 4.79 Å². The molecule has 0 spiro atoms. The zero-order valence-electron chi connectivity index (χ0n) is 16.0. The fraction of sp³-hybridized carbons (Fsp3) is 0.409. The predicted molar refractivity (Wildman–Crippen MR) is 108 cm³/mol. The minimum Gasteiger partial charge on any atom is -0.507 e. The van der Waals surface area contributed by atoms with Crippen molar-refractivity contribution in [3.63, 3.8) is 0 Å². The van der Waals surface area contributed by atoms with E-state index in [4.69, 9.17) is 11.6 Å². The Hall–Kier alpha value is -2.00. The van der Waals surface area contributed by atoms with Gasteiger partial charge in [0.25, 0.3) is 5.91 Å². The van der Waals surface area contributed by atoms with Crippen LogP contribution in [0.15, 0.2) is 30.3 Å². The number of hydrogen-bond donors (Lipinski definition) is 2. The zero-order chi connectivity index (χ0) is 19.3. The van der Waals surface area contributed by atoms with Crippen LogP contribution in [-0.4, -0.2) is 11.0 Å². The lowest BCUT2D eigenvalue weighted by atomic mass is 9.63. The molecular formula is C22H26ClNO2. The number of amides is 1. The number of benzene rings is 2. The average Bonchev–Trinajstić information content (AvgIpc) is 2.55. The van der Waals surface area contributed by atoms with Gasteiger partial charge < -0.3 is 10.4 Å². The molecule has 0 radical (unpaired) electrons. The van der Waals surface area contributed by atoms with E-state index in [9.17, 15) is 9.90 Å². The van der Waals surface area contributed by atoms with Crippen LogP contribution < -0.4 is 5.32 Å². The van der Waals surface area contributed by atoms with Crippen LogP contribution >= 0.6 is 11.6 Å². The number of hydrogen-bond acceptors (Lipinski definition) is 2. The van der Waals surface area contributed by atoms with Crippen molar-refractivity contribution in [2.24, 2.45) is 0 Å². The van der Waals surface area contributed by atoms with Crippen LogP contribution in [0.1, 0.15) is 67.6 Å². The van der Waals surface area contributed by atoms with Crippen molar-refractivity contribution in [2.75, 3.05) is 5.32 Å². The Morgan fingerprint density at radius 2 is 1.62 bits per heavy atom. The first-order valence-corrected chi connectivity index (χ1v) is 9.34. The third-order valence-electron chi connectivity index (χ3n) is 5.65. The van der Waals surface area contributed by atoms with Gasteiger partial charge in [-0.25, -0.2) is 0 Å². The molecule has 1 amide bonds. The molecule has 0 unspecified atom stereocenters. The third-order valence-corrected chi connectivity index (χ3v) is 5.88. The summed E-state index contributed by atoms with van der Waals surface area (Å²) in [7, 11) is 0. The number of fused-ring (bicyclic) bond motifs is 1. The molecule has 0 aliphatic heterocycles. The number of nitrogens with one attached hydrogen (secondary N) is 1. The molecule has 4 heteroatoms. The lowest BCUT2D eigenvalue weighted by molar-refractivity contribution is 0.102. The highest BCUT2D eigenvalue weighted by molar-refractivity contribution is 6.31. The Kier molecular flexibility index (Phi) is 4.56. The summed E-state index contributed by atoms with van der Waals surface area (Å²) in [5, 5.41) is 13.3. The van der Waals surface area contributed by atoms with Gasteiger partial charge in [-0.1, -0.05) is 45.4 Å². The summed E-state index contributed by atoms with van der Waals surface area (Å²) >= 11 is 5.97. The monoisotopic (exact) mass is 371 g/mol. The minimum atomic E-state index is -0.360. The van der Waals surface area contributed by atoms with Crippen LogP contribution in [0.3, 0.4) is 0 Å². The predicted octanol–water partition coefficient (Wildman–Crippen LogP) is 5.96. The van der Waals surface area contributed by atoms with E-state index in [-0.39, 0.29) is 28.1 Å². The van der Waals surface area contributed by atoms with Gasteiger partial charge in [-0.2, -0.15) is 0 Å². The van der Waals surface area contributed by atoms with Gasteiger partial charge in [0.15, 0.2) is 0 Å². The summed E-state index contributed by atoms with van der Waals surface area (Å²) < 4.78 is 0. The zero-order valence-corrected chi connectivity index (χ0v) is 16.8. The minimum absolute atomic E-state index is 0.0657. The van der Waals surface area contributed by atoms with Crippen LogP contribution in [0.2, 0.25) is 5.02 Å². The highest BCUT2D eigenvalue weighted by atomic mass is 35.5. The molecule has 26 heavy (non-hydrogen) atoms. The molecule has 0 atom stereocenters. The first kappa shape index (κ1) is 18.8. The van der Waals surface area contributed by atoms with Crippen molar-refractivity contribution < 1.29 is 9.90 Å². The molecule has 0 bridgehead atoms. The second-order valence-corrected chi connectivity index (χ2v) is 9.03. The Morgan fingerprint density at radius 3 is 2.23 bits per heavy atom. The van der Waals surface area contributed by atoms with E-state index in [1.165, 1.54) is 23.3 Å². The van der Waals surface area contributed by atoms with Crippen molar-refractivity contribution in [1.82, 2.24) is 0 Å². The number of phenolic OH excluding ortho intramolecular Hbond substituents is 1. The maximum absolute atomic E-state index is 12.7. The maximum Gasteiger partial charge on any atom is 0.259 e. The molecule has 138 valence electrons. The molecule has 3 nitrogen and oxygen atoms in total. The van der Waals surface area contributed by atoms with Gasteiger partial charge >= 0.3 is 0 Å². The quantitative estimate of drug-likeness (QED) is 0.684. The smallest absolute Gasteiger partial charge is 0.259 e. The van der Waals surface area contributed by atoms with Crippen molar-refractivity contribution in [2.45, 2.75) is 58.3 Å². The number of halogens is 1. The first-order valence-electron chi connectivity index (χ1n) is 8.97. The van der Waals surface area contributed by atoms with Crippen molar-refractivity contribution in [3.05, 3.63) is 57.6 Å². The highest BCUT2D eigenvalue weighted by Crippen LogP contribution is 2.47. The summed E-state index contributed by atoms with van der Waals surface area (Å²) in [4.78, 5) is 12.7. The van der Waals surface area contributed by atoms with Gasteiger partial charge in [0.2, 0.25) is 0 Å². The van der Waals surface area contributed by atoms with E-state index >= 15 is 0 Å². The van der Waals surface area contributed by atoms with E-state index in [1.807, 2.05) is 6.92 Å². The summed E-state index contributed by atoms with van der Waals surface area (Å²) in [6.45, 7) is 11.1. The summed E-state index contributed by atoms with van der Waals surface area (Å²) in [5.74, 6) is -0.440. The molecule has 1 aliphatic rings. The number of anilines is 1. The Bertz CT molecular complexity index is 884.